The first-order valence-corrected chi connectivity index (χ1v) is 9.70. The molecule has 1 aromatic carbocycles. The summed E-state index contributed by atoms with van der Waals surface area (Å²) in [5.41, 5.74) is 2.19. The quantitative estimate of drug-likeness (QED) is 0.868. The summed E-state index contributed by atoms with van der Waals surface area (Å²) in [5, 5.41) is 3.00. The molecule has 2 aliphatic rings. The average Bonchev–Trinajstić information content (AvgIpc) is 2.72. The summed E-state index contributed by atoms with van der Waals surface area (Å²) in [4.78, 5) is 30.8. The Kier molecular flexibility index (Phi) is 6.55. The van der Waals surface area contributed by atoms with E-state index in [1.807, 2.05) is 47.0 Å². The van der Waals surface area contributed by atoms with Crippen molar-refractivity contribution in [2.45, 2.75) is 19.4 Å². The number of benzene rings is 1. The van der Waals surface area contributed by atoms with E-state index in [9.17, 15) is 9.59 Å². The molecular formula is C20H30N4O3. The predicted molar refractivity (Wildman–Crippen MR) is 105 cm³/mol. The molecule has 27 heavy (non-hydrogen) atoms. The number of anilines is 1. The van der Waals surface area contributed by atoms with Crippen LogP contribution in [0.2, 0.25) is 0 Å². The van der Waals surface area contributed by atoms with Crippen molar-refractivity contribution < 1.29 is 14.3 Å². The van der Waals surface area contributed by atoms with Gasteiger partial charge in [0.25, 0.3) is 0 Å². The predicted octanol–water partition coefficient (Wildman–Crippen LogP) is 1.53. The van der Waals surface area contributed by atoms with Crippen LogP contribution in [0.5, 0.6) is 0 Å². The van der Waals surface area contributed by atoms with E-state index in [0.29, 0.717) is 45.9 Å². The number of nitrogens with one attached hydrogen (secondary N) is 1. The van der Waals surface area contributed by atoms with E-state index in [-0.39, 0.29) is 17.9 Å². The van der Waals surface area contributed by atoms with Crippen molar-refractivity contribution in [3.05, 3.63) is 29.8 Å². The molecule has 148 valence electrons. The van der Waals surface area contributed by atoms with Crippen LogP contribution in [0.3, 0.4) is 0 Å². The molecule has 0 radical (unpaired) electrons. The minimum absolute atomic E-state index is 0.0314. The Morgan fingerprint density at radius 1 is 1.11 bits per heavy atom. The first-order chi connectivity index (χ1) is 13.0. The molecule has 0 spiro atoms. The fraction of sp³-hybridized carbons (Fsp3) is 0.600. The van der Waals surface area contributed by atoms with Crippen molar-refractivity contribution in [3.8, 4) is 0 Å². The van der Waals surface area contributed by atoms with Gasteiger partial charge in [0.2, 0.25) is 5.91 Å². The molecule has 0 bridgehead atoms. The van der Waals surface area contributed by atoms with Crippen LogP contribution in [-0.4, -0.2) is 75.2 Å². The third-order valence-corrected chi connectivity index (χ3v) is 5.32. The molecule has 0 aliphatic carbocycles. The van der Waals surface area contributed by atoms with Crippen LogP contribution in [0.15, 0.2) is 24.3 Å². The molecule has 2 aliphatic heterocycles. The molecule has 0 saturated carbocycles. The van der Waals surface area contributed by atoms with Crippen molar-refractivity contribution >= 4 is 17.6 Å². The topological polar surface area (TPSA) is 65.1 Å². The van der Waals surface area contributed by atoms with Crippen LogP contribution in [0, 0.1) is 5.92 Å². The molecule has 1 aromatic rings. The van der Waals surface area contributed by atoms with Crippen molar-refractivity contribution in [2.24, 2.45) is 5.92 Å². The second-order valence-corrected chi connectivity index (χ2v) is 7.42. The molecule has 0 atom stereocenters. The Morgan fingerprint density at radius 3 is 2.48 bits per heavy atom. The summed E-state index contributed by atoms with van der Waals surface area (Å²) < 4.78 is 5.31. The molecule has 2 fully saturated rings. The Labute approximate surface area is 161 Å². The van der Waals surface area contributed by atoms with E-state index in [0.717, 1.165) is 24.1 Å². The molecule has 3 rings (SSSR count). The highest BCUT2D eigenvalue weighted by Crippen LogP contribution is 2.20. The van der Waals surface area contributed by atoms with Crippen LogP contribution in [0.25, 0.3) is 0 Å². The van der Waals surface area contributed by atoms with Gasteiger partial charge >= 0.3 is 6.03 Å². The molecule has 2 heterocycles. The highest BCUT2D eigenvalue weighted by atomic mass is 16.5. The van der Waals surface area contributed by atoms with Gasteiger partial charge in [-0.25, -0.2) is 4.79 Å². The van der Waals surface area contributed by atoms with Crippen LogP contribution < -0.4 is 10.2 Å². The van der Waals surface area contributed by atoms with Gasteiger partial charge in [-0.3, -0.25) is 4.79 Å². The van der Waals surface area contributed by atoms with Gasteiger partial charge in [0.05, 0.1) is 13.2 Å². The average molecular weight is 374 g/mol. The third kappa shape index (κ3) is 5.13. The van der Waals surface area contributed by atoms with E-state index >= 15 is 0 Å². The van der Waals surface area contributed by atoms with Crippen LogP contribution >= 0.6 is 0 Å². The second-order valence-electron chi connectivity index (χ2n) is 7.42. The maximum atomic E-state index is 12.6. The first kappa shape index (κ1) is 19.5. The van der Waals surface area contributed by atoms with Gasteiger partial charge < -0.3 is 24.8 Å². The standard InChI is InChI=1S/C20H30N4O3/c1-22(2)18-5-3-4-16(14-18)15-21-20(26)24-8-6-17(7-9-24)19(25)23-10-12-27-13-11-23/h3-5,14,17H,6-13,15H2,1-2H3,(H,21,26). The highest BCUT2D eigenvalue weighted by Gasteiger charge is 2.30. The number of likely N-dealkylation sites (tertiary alicyclic amines) is 1. The zero-order valence-corrected chi connectivity index (χ0v) is 16.3. The minimum Gasteiger partial charge on any atom is -0.378 e. The molecule has 2 saturated heterocycles. The van der Waals surface area contributed by atoms with Gasteiger partial charge in [0, 0.05) is 58.4 Å². The molecule has 7 heteroatoms. The number of morpholine rings is 1. The normalized spacial score (nSPS) is 18.3. The van der Waals surface area contributed by atoms with E-state index in [1.54, 1.807) is 0 Å². The number of carbonyl (C=O) groups excluding carboxylic acids is 2. The lowest BCUT2D eigenvalue weighted by Crippen LogP contribution is -2.49. The summed E-state index contributed by atoms with van der Waals surface area (Å²) in [6.45, 7) is 4.39. The fourth-order valence-electron chi connectivity index (χ4n) is 3.61. The summed E-state index contributed by atoms with van der Waals surface area (Å²) >= 11 is 0. The highest BCUT2D eigenvalue weighted by molar-refractivity contribution is 5.80. The van der Waals surface area contributed by atoms with Gasteiger partial charge in [-0.2, -0.15) is 0 Å². The number of hydrogen-bond acceptors (Lipinski definition) is 4. The lowest BCUT2D eigenvalue weighted by molar-refractivity contribution is -0.141. The monoisotopic (exact) mass is 374 g/mol. The van der Waals surface area contributed by atoms with Gasteiger partial charge in [-0.15, -0.1) is 0 Å². The summed E-state index contributed by atoms with van der Waals surface area (Å²) in [7, 11) is 4.00. The number of amides is 3. The molecule has 0 aromatic heterocycles. The third-order valence-electron chi connectivity index (χ3n) is 5.32. The maximum absolute atomic E-state index is 12.6. The largest absolute Gasteiger partial charge is 0.378 e. The number of ether oxygens (including phenoxy) is 1. The van der Waals surface area contributed by atoms with E-state index in [4.69, 9.17) is 4.74 Å². The number of urea groups is 1. The van der Waals surface area contributed by atoms with Crippen molar-refractivity contribution in [1.29, 1.82) is 0 Å². The molecule has 3 amide bonds. The number of piperidine rings is 1. The summed E-state index contributed by atoms with van der Waals surface area (Å²) in [5.74, 6) is 0.253. The summed E-state index contributed by atoms with van der Waals surface area (Å²) in [6.07, 6.45) is 1.47. The Hall–Kier alpha value is -2.28. The van der Waals surface area contributed by atoms with E-state index in [1.165, 1.54) is 0 Å². The minimum atomic E-state index is -0.0532. The maximum Gasteiger partial charge on any atom is 0.317 e. The zero-order valence-electron chi connectivity index (χ0n) is 16.3. The van der Waals surface area contributed by atoms with Crippen LogP contribution in [0.4, 0.5) is 10.5 Å². The van der Waals surface area contributed by atoms with Crippen molar-refractivity contribution in [2.75, 3.05) is 58.4 Å². The summed E-state index contributed by atoms with van der Waals surface area (Å²) in [6, 6.07) is 8.08. The fourth-order valence-corrected chi connectivity index (χ4v) is 3.61. The molecular weight excluding hydrogens is 344 g/mol. The van der Waals surface area contributed by atoms with E-state index in [2.05, 4.69) is 11.4 Å². The van der Waals surface area contributed by atoms with Gasteiger partial charge in [-0.1, -0.05) is 12.1 Å². The van der Waals surface area contributed by atoms with Crippen molar-refractivity contribution in [3.63, 3.8) is 0 Å². The smallest absolute Gasteiger partial charge is 0.317 e. The second kappa shape index (κ2) is 9.08. The molecule has 1 N–H and O–H groups in total. The van der Waals surface area contributed by atoms with Gasteiger partial charge in [0.15, 0.2) is 0 Å². The lowest BCUT2D eigenvalue weighted by Gasteiger charge is -2.35. The number of carbonyl (C=O) groups is 2. The first-order valence-electron chi connectivity index (χ1n) is 9.70. The van der Waals surface area contributed by atoms with E-state index < -0.39 is 0 Å². The van der Waals surface area contributed by atoms with Gasteiger partial charge in [0.1, 0.15) is 0 Å². The van der Waals surface area contributed by atoms with Crippen LogP contribution in [0.1, 0.15) is 18.4 Å². The van der Waals surface area contributed by atoms with Gasteiger partial charge in [-0.05, 0) is 30.5 Å². The van der Waals surface area contributed by atoms with Crippen LogP contribution in [-0.2, 0) is 16.1 Å². The number of nitrogens with zero attached hydrogens (tertiary/aromatic N) is 3. The SMILES string of the molecule is CN(C)c1cccc(CNC(=O)N2CCC(C(=O)N3CCOCC3)CC2)c1. The number of hydrogen-bond donors (Lipinski definition) is 1. The Bertz CT molecular complexity index is 650. The Balaban J connectivity index is 1.44. The molecule has 0 unspecified atom stereocenters. The number of rotatable bonds is 4. The lowest BCUT2D eigenvalue weighted by atomic mass is 9.95. The Morgan fingerprint density at radius 2 is 1.81 bits per heavy atom. The molecule has 7 nitrogen and oxygen atoms in total. The zero-order chi connectivity index (χ0) is 19.2. The van der Waals surface area contributed by atoms with Crippen molar-refractivity contribution in [1.82, 2.24) is 15.1 Å².